The fraction of sp³-hybridized carbons (Fsp3) is 0.286. The van der Waals surface area contributed by atoms with Gasteiger partial charge in [-0.15, -0.1) is 11.3 Å². The largest absolute Gasteiger partial charge is 0.484 e. The number of aromatic nitrogens is 1. The quantitative estimate of drug-likeness (QED) is 0.641. The summed E-state index contributed by atoms with van der Waals surface area (Å²) >= 11 is 1.59. The van der Waals surface area contributed by atoms with Crippen LogP contribution >= 0.6 is 11.3 Å². The van der Waals surface area contributed by atoms with Crippen molar-refractivity contribution >= 4 is 39.1 Å². The van der Waals surface area contributed by atoms with Crippen molar-refractivity contribution in [3.05, 3.63) is 53.5 Å². The summed E-state index contributed by atoms with van der Waals surface area (Å²) in [4.78, 5) is 32.3. The number of likely N-dealkylation sites (N-methyl/N-ethyl adjacent to an activating group) is 1. The number of anilines is 1. The minimum absolute atomic E-state index is 0.0568. The highest BCUT2D eigenvalue weighted by Gasteiger charge is 2.22. The summed E-state index contributed by atoms with van der Waals surface area (Å²) in [6.45, 7) is 1.12. The molecule has 0 spiro atoms. The van der Waals surface area contributed by atoms with Gasteiger partial charge in [0, 0.05) is 31.8 Å². The molecule has 2 aromatic carbocycles. The normalized spacial score (nSPS) is 13.9. The Kier molecular flexibility index (Phi) is 5.25. The molecule has 3 aromatic rings. The number of ether oxygens (including phenoxy) is 1. The zero-order valence-electron chi connectivity index (χ0n) is 15.6. The molecule has 0 N–H and O–H groups in total. The molecule has 6 nitrogen and oxygen atoms in total. The zero-order valence-corrected chi connectivity index (χ0v) is 16.4. The summed E-state index contributed by atoms with van der Waals surface area (Å²) in [5.74, 6) is 0.588. The van der Waals surface area contributed by atoms with Gasteiger partial charge in [-0.2, -0.15) is 0 Å². The van der Waals surface area contributed by atoms with Crippen molar-refractivity contribution in [1.29, 1.82) is 0 Å². The zero-order chi connectivity index (χ0) is 19.5. The van der Waals surface area contributed by atoms with Crippen molar-refractivity contribution in [2.24, 2.45) is 0 Å². The molecule has 28 heavy (non-hydrogen) atoms. The Hall–Kier alpha value is -2.93. The van der Waals surface area contributed by atoms with Crippen LogP contribution in [-0.4, -0.2) is 41.9 Å². The number of nitrogens with zero attached hydrogens (tertiary/aromatic N) is 3. The van der Waals surface area contributed by atoms with Gasteiger partial charge in [0.2, 0.25) is 5.91 Å². The lowest BCUT2D eigenvalue weighted by molar-refractivity contribution is -0.132. The van der Waals surface area contributed by atoms with E-state index in [1.807, 2.05) is 42.5 Å². The Morgan fingerprint density at radius 2 is 2.11 bits per heavy atom. The van der Waals surface area contributed by atoms with Gasteiger partial charge in [0.1, 0.15) is 10.8 Å². The van der Waals surface area contributed by atoms with E-state index in [0.717, 1.165) is 33.9 Å². The molecular formula is C21H21N3O3S. The Labute approximate surface area is 167 Å². The Morgan fingerprint density at radius 1 is 1.25 bits per heavy atom. The number of hydrogen-bond acceptors (Lipinski definition) is 5. The van der Waals surface area contributed by atoms with Crippen LogP contribution < -0.4 is 9.64 Å². The fourth-order valence-corrected chi connectivity index (χ4v) is 4.22. The molecule has 1 fully saturated rings. The summed E-state index contributed by atoms with van der Waals surface area (Å²) in [7, 11) is 1.75. The molecule has 1 aliphatic rings. The van der Waals surface area contributed by atoms with Gasteiger partial charge in [-0.1, -0.05) is 18.2 Å². The van der Waals surface area contributed by atoms with Crippen LogP contribution in [0.25, 0.3) is 10.2 Å². The van der Waals surface area contributed by atoms with E-state index in [4.69, 9.17) is 4.74 Å². The molecule has 2 amide bonds. The first-order chi connectivity index (χ1) is 13.6. The van der Waals surface area contributed by atoms with E-state index in [2.05, 4.69) is 4.98 Å². The van der Waals surface area contributed by atoms with Crippen LogP contribution in [0.5, 0.6) is 5.75 Å². The average molecular weight is 395 g/mol. The summed E-state index contributed by atoms with van der Waals surface area (Å²) in [5, 5.41) is 0.895. The summed E-state index contributed by atoms with van der Waals surface area (Å²) in [5.41, 5.74) is 1.77. The highest BCUT2D eigenvalue weighted by molar-refractivity contribution is 7.18. The molecule has 2 heterocycles. The first-order valence-electron chi connectivity index (χ1n) is 9.22. The maximum Gasteiger partial charge on any atom is 0.260 e. The van der Waals surface area contributed by atoms with Crippen molar-refractivity contribution in [3.63, 3.8) is 0 Å². The Morgan fingerprint density at radius 3 is 2.89 bits per heavy atom. The number of carbonyl (C=O) groups excluding carboxylic acids is 2. The van der Waals surface area contributed by atoms with Gasteiger partial charge in [0.05, 0.1) is 16.8 Å². The lowest BCUT2D eigenvalue weighted by atomic mass is 10.3. The first-order valence-corrected chi connectivity index (χ1v) is 10.0. The van der Waals surface area contributed by atoms with Gasteiger partial charge in [0.15, 0.2) is 6.61 Å². The first kappa shape index (κ1) is 18.4. The summed E-state index contributed by atoms with van der Waals surface area (Å²) < 4.78 is 6.79. The van der Waals surface area contributed by atoms with Crippen LogP contribution in [0.15, 0.2) is 48.5 Å². The third-order valence-electron chi connectivity index (χ3n) is 4.70. The monoisotopic (exact) mass is 395 g/mol. The molecule has 0 saturated carbocycles. The van der Waals surface area contributed by atoms with Crippen molar-refractivity contribution in [2.45, 2.75) is 19.4 Å². The molecular weight excluding hydrogens is 374 g/mol. The highest BCUT2D eigenvalue weighted by atomic mass is 32.1. The minimum Gasteiger partial charge on any atom is -0.484 e. The lowest BCUT2D eigenvalue weighted by Gasteiger charge is -2.18. The fourth-order valence-electron chi connectivity index (χ4n) is 3.20. The maximum absolute atomic E-state index is 12.4. The Bertz CT molecular complexity index is 984. The smallest absolute Gasteiger partial charge is 0.260 e. The molecule has 144 valence electrons. The SMILES string of the molecule is CN(Cc1nc2ccccc2s1)C(=O)COc1cccc(N2CCCC2=O)c1. The number of hydrogen-bond donors (Lipinski definition) is 0. The number of amides is 2. The number of fused-ring (bicyclic) bond motifs is 1. The number of benzene rings is 2. The molecule has 4 rings (SSSR count). The molecule has 1 saturated heterocycles. The second-order valence-corrected chi connectivity index (χ2v) is 7.88. The lowest BCUT2D eigenvalue weighted by Crippen LogP contribution is -2.31. The van der Waals surface area contributed by atoms with Crippen LogP contribution in [0.3, 0.4) is 0 Å². The van der Waals surface area contributed by atoms with E-state index in [9.17, 15) is 9.59 Å². The average Bonchev–Trinajstić information content (AvgIpc) is 3.31. The van der Waals surface area contributed by atoms with Gasteiger partial charge >= 0.3 is 0 Å². The minimum atomic E-state index is -0.123. The Balaban J connectivity index is 1.35. The molecule has 1 aromatic heterocycles. The summed E-state index contributed by atoms with van der Waals surface area (Å²) in [6, 6.07) is 15.3. The van der Waals surface area contributed by atoms with E-state index in [1.165, 1.54) is 0 Å². The van der Waals surface area contributed by atoms with Gasteiger partial charge in [0.25, 0.3) is 5.91 Å². The highest BCUT2D eigenvalue weighted by Crippen LogP contribution is 2.25. The molecule has 0 aliphatic carbocycles. The molecule has 0 radical (unpaired) electrons. The van der Waals surface area contributed by atoms with Gasteiger partial charge in [-0.25, -0.2) is 4.98 Å². The third-order valence-corrected chi connectivity index (χ3v) is 5.72. The molecule has 1 aliphatic heterocycles. The number of rotatable bonds is 6. The van der Waals surface area contributed by atoms with E-state index in [-0.39, 0.29) is 18.4 Å². The number of thiazole rings is 1. The van der Waals surface area contributed by atoms with E-state index < -0.39 is 0 Å². The van der Waals surface area contributed by atoms with Gasteiger partial charge < -0.3 is 14.5 Å². The topological polar surface area (TPSA) is 62.7 Å². The predicted molar refractivity (Wildman–Crippen MR) is 110 cm³/mol. The molecule has 0 atom stereocenters. The van der Waals surface area contributed by atoms with Crippen LogP contribution in [0, 0.1) is 0 Å². The predicted octanol–water partition coefficient (Wildman–Crippen LogP) is 3.46. The van der Waals surface area contributed by atoms with Crippen molar-refractivity contribution in [1.82, 2.24) is 9.88 Å². The van der Waals surface area contributed by atoms with Gasteiger partial charge in [-0.3, -0.25) is 9.59 Å². The van der Waals surface area contributed by atoms with Crippen LogP contribution in [0.1, 0.15) is 17.8 Å². The van der Waals surface area contributed by atoms with Crippen LogP contribution in [0.2, 0.25) is 0 Å². The van der Waals surface area contributed by atoms with Crippen molar-refractivity contribution in [2.75, 3.05) is 25.1 Å². The second kappa shape index (κ2) is 7.98. The summed E-state index contributed by atoms with van der Waals surface area (Å²) in [6.07, 6.45) is 1.46. The van der Waals surface area contributed by atoms with Crippen LogP contribution in [-0.2, 0) is 16.1 Å². The standard InChI is InChI=1S/C21H21N3O3S/c1-23(13-19-22-17-8-2-3-9-18(17)28-19)21(26)14-27-16-7-4-6-15(12-16)24-11-5-10-20(24)25/h2-4,6-9,12H,5,10-11,13-14H2,1H3. The second-order valence-electron chi connectivity index (χ2n) is 6.76. The third kappa shape index (κ3) is 3.99. The van der Waals surface area contributed by atoms with Crippen LogP contribution in [0.4, 0.5) is 5.69 Å². The van der Waals surface area contributed by atoms with E-state index >= 15 is 0 Å². The van der Waals surface area contributed by atoms with Crippen molar-refractivity contribution in [3.8, 4) is 5.75 Å². The van der Waals surface area contributed by atoms with Gasteiger partial charge in [-0.05, 0) is 30.7 Å². The molecule has 0 bridgehead atoms. The number of carbonyl (C=O) groups is 2. The molecule has 0 unspecified atom stereocenters. The van der Waals surface area contributed by atoms with E-state index in [1.54, 1.807) is 34.3 Å². The maximum atomic E-state index is 12.4. The number of para-hydroxylation sites is 1. The molecule has 7 heteroatoms. The van der Waals surface area contributed by atoms with E-state index in [0.29, 0.717) is 18.7 Å². The van der Waals surface area contributed by atoms with Crippen molar-refractivity contribution < 1.29 is 14.3 Å².